The predicted octanol–water partition coefficient (Wildman–Crippen LogP) is 3.22. The third-order valence-corrected chi connectivity index (χ3v) is 5.22. The molecular formula is C16H19ClN4O2. The van der Waals surface area contributed by atoms with Crippen molar-refractivity contribution in [1.29, 1.82) is 0 Å². The largest absolute Gasteiger partial charge is 0.360 e. The second kappa shape index (κ2) is 5.37. The molecule has 2 fully saturated rings. The Morgan fingerprint density at radius 2 is 2.17 bits per heavy atom. The number of rotatable bonds is 3. The minimum atomic E-state index is -0.0810. The van der Waals surface area contributed by atoms with Crippen molar-refractivity contribution in [3.8, 4) is 0 Å². The van der Waals surface area contributed by atoms with Gasteiger partial charge in [0.05, 0.1) is 11.7 Å². The number of halogens is 1. The maximum absolute atomic E-state index is 12.8. The van der Waals surface area contributed by atoms with Gasteiger partial charge in [-0.2, -0.15) is 5.10 Å². The smallest absolute Gasteiger partial charge is 0.276 e. The first-order chi connectivity index (χ1) is 11.1. The summed E-state index contributed by atoms with van der Waals surface area (Å²) in [5.74, 6) is 1.20. The van der Waals surface area contributed by atoms with Crippen LogP contribution >= 0.6 is 11.6 Å². The fraction of sp³-hybridized carbons (Fsp3) is 0.562. The zero-order valence-corrected chi connectivity index (χ0v) is 14.0. The van der Waals surface area contributed by atoms with Crippen LogP contribution in [0.3, 0.4) is 0 Å². The molecule has 23 heavy (non-hydrogen) atoms. The molecule has 0 bridgehead atoms. The van der Waals surface area contributed by atoms with Gasteiger partial charge in [0.15, 0.2) is 5.69 Å². The number of carbonyl (C=O) groups is 1. The molecule has 1 amide bonds. The molecule has 0 N–H and O–H groups in total. The molecule has 2 aromatic rings. The molecule has 1 saturated carbocycles. The lowest BCUT2D eigenvalue weighted by molar-refractivity contribution is 0.0725. The number of likely N-dealkylation sites (tertiary alicyclic amines) is 1. The fourth-order valence-corrected chi connectivity index (χ4v) is 3.73. The van der Waals surface area contributed by atoms with Crippen LogP contribution in [0, 0.1) is 6.92 Å². The van der Waals surface area contributed by atoms with Crippen LogP contribution in [0.25, 0.3) is 0 Å². The number of nitrogens with zero attached hydrogens (tertiary/aromatic N) is 4. The van der Waals surface area contributed by atoms with Gasteiger partial charge in [-0.05, 0) is 32.6 Å². The van der Waals surface area contributed by atoms with Crippen LogP contribution in [-0.4, -0.2) is 32.3 Å². The van der Waals surface area contributed by atoms with Crippen molar-refractivity contribution in [2.75, 3.05) is 6.54 Å². The first kappa shape index (κ1) is 14.8. The highest BCUT2D eigenvalue weighted by Gasteiger charge is 2.36. The monoisotopic (exact) mass is 334 g/mol. The van der Waals surface area contributed by atoms with Gasteiger partial charge in [0, 0.05) is 31.1 Å². The first-order valence-electron chi connectivity index (χ1n) is 8.03. The van der Waals surface area contributed by atoms with Crippen molar-refractivity contribution in [1.82, 2.24) is 19.8 Å². The van der Waals surface area contributed by atoms with Gasteiger partial charge >= 0.3 is 0 Å². The Bertz CT molecular complexity index is 762. The zero-order chi connectivity index (χ0) is 16.1. The van der Waals surface area contributed by atoms with Crippen molar-refractivity contribution >= 4 is 17.5 Å². The highest BCUT2D eigenvalue weighted by atomic mass is 35.5. The quantitative estimate of drug-likeness (QED) is 0.864. The number of carbonyl (C=O) groups excluding carboxylic acids is 1. The second-order valence-electron chi connectivity index (χ2n) is 6.46. The van der Waals surface area contributed by atoms with E-state index in [1.165, 1.54) is 0 Å². The molecule has 2 aromatic heterocycles. The minimum Gasteiger partial charge on any atom is -0.360 e. The summed E-state index contributed by atoms with van der Waals surface area (Å²) in [6, 6.07) is 1.76. The van der Waals surface area contributed by atoms with Crippen molar-refractivity contribution < 1.29 is 9.32 Å². The maximum Gasteiger partial charge on any atom is 0.276 e. The van der Waals surface area contributed by atoms with Crippen LogP contribution in [0.15, 0.2) is 10.6 Å². The van der Waals surface area contributed by atoms with Gasteiger partial charge in [0.2, 0.25) is 0 Å². The molecule has 0 spiro atoms. The van der Waals surface area contributed by atoms with Crippen molar-refractivity contribution in [3.63, 3.8) is 0 Å². The summed E-state index contributed by atoms with van der Waals surface area (Å²) in [4.78, 5) is 14.7. The third kappa shape index (κ3) is 2.45. The van der Waals surface area contributed by atoms with Gasteiger partial charge in [-0.1, -0.05) is 16.8 Å². The predicted molar refractivity (Wildman–Crippen MR) is 84.4 cm³/mol. The first-order valence-corrected chi connectivity index (χ1v) is 8.40. The van der Waals surface area contributed by atoms with E-state index in [2.05, 4.69) is 10.3 Å². The highest BCUT2D eigenvalue weighted by molar-refractivity contribution is 6.30. The lowest BCUT2D eigenvalue weighted by Crippen LogP contribution is -2.31. The summed E-state index contributed by atoms with van der Waals surface area (Å²) in [7, 11) is 1.82. The summed E-state index contributed by atoms with van der Waals surface area (Å²) < 4.78 is 6.98. The molecule has 1 aliphatic heterocycles. The Labute approximate surface area is 139 Å². The van der Waals surface area contributed by atoms with E-state index in [-0.39, 0.29) is 11.9 Å². The summed E-state index contributed by atoms with van der Waals surface area (Å²) >= 11 is 6.39. The summed E-state index contributed by atoms with van der Waals surface area (Å²) in [6.45, 7) is 2.64. The van der Waals surface area contributed by atoms with Crippen LogP contribution < -0.4 is 0 Å². The molecule has 0 radical (unpaired) electrons. The van der Waals surface area contributed by atoms with E-state index in [0.717, 1.165) is 42.7 Å². The van der Waals surface area contributed by atoms with E-state index in [0.29, 0.717) is 23.3 Å². The fourth-order valence-electron chi connectivity index (χ4n) is 3.43. The number of amides is 1. The van der Waals surface area contributed by atoms with E-state index >= 15 is 0 Å². The summed E-state index contributed by atoms with van der Waals surface area (Å²) in [5, 5.41) is 8.95. The minimum absolute atomic E-state index is 0.0372. The Hall–Kier alpha value is -1.82. The van der Waals surface area contributed by atoms with Crippen molar-refractivity contribution in [2.45, 2.75) is 44.6 Å². The average Bonchev–Trinajstić information content (AvgIpc) is 2.96. The molecule has 1 aliphatic carbocycles. The number of hydrogen-bond acceptors (Lipinski definition) is 4. The number of aromatic nitrogens is 3. The number of aryl methyl sites for hydroxylation is 2. The molecule has 122 valence electrons. The normalized spacial score (nSPS) is 21.2. The molecule has 0 aromatic carbocycles. The second-order valence-corrected chi connectivity index (χ2v) is 6.82. The van der Waals surface area contributed by atoms with E-state index in [1.54, 1.807) is 10.7 Å². The van der Waals surface area contributed by atoms with Crippen LogP contribution in [0.2, 0.25) is 5.15 Å². The van der Waals surface area contributed by atoms with E-state index in [4.69, 9.17) is 16.1 Å². The molecule has 3 heterocycles. The highest BCUT2D eigenvalue weighted by Crippen LogP contribution is 2.41. The van der Waals surface area contributed by atoms with Gasteiger partial charge in [-0.25, -0.2) is 0 Å². The Morgan fingerprint density at radius 3 is 2.83 bits per heavy atom. The van der Waals surface area contributed by atoms with Crippen LogP contribution in [0.5, 0.6) is 0 Å². The topological polar surface area (TPSA) is 64.2 Å². The lowest BCUT2D eigenvalue weighted by atomic mass is 10.1. The molecule has 1 atom stereocenters. The Balaban J connectivity index is 1.62. The van der Waals surface area contributed by atoms with Crippen molar-refractivity contribution in [2.24, 2.45) is 7.05 Å². The van der Waals surface area contributed by atoms with Crippen LogP contribution in [-0.2, 0) is 7.05 Å². The van der Waals surface area contributed by atoms with Gasteiger partial charge < -0.3 is 9.42 Å². The Morgan fingerprint density at radius 1 is 1.39 bits per heavy atom. The van der Waals surface area contributed by atoms with Gasteiger partial charge in [-0.3, -0.25) is 9.48 Å². The van der Waals surface area contributed by atoms with Gasteiger partial charge in [0.1, 0.15) is 10.9 Å². The van der Waals surface area contributed by atoms with Crippen LogP contribution in [0.4, 0.5) is 0 Å². The SMILES string of the molecule is Cc1nn(C)c(Cl)c1[C@H]1CCCN1C(=O)c1cc(C2CC2)on1. The molecule has 4 rings (SSSR count). The number of hydrogen-bond donors (Lipinski definition) is 0. The molecule has 0 unspecified atom stereocenters. The van der Waals surface area contributed by atoms with Crippen LogP contribution in [0.1, 0.15) is 65.1 Å². The molecular weight excluding hydrogens is 316 g/mol. The van der Waals surface area contributed by atoms with Gasteiger partial charge in [0.25, 0.3) is 5.91 Å². The third-order valence-electron chi connectivity index (χ3n) is 4.77. The molecule has 2 aliphatic rings. The molecule has 1 saturated heterocycles. The lowest BCUT2D eigenvalue weighted by Gasteiger charge is -2.24. The summed E-state index contributed by atoms with van der Waals surface area (Å²) in [5.41, 5.74) is 2.23. The molecule has 6 nitrogen and oxygen atoms in total. The summed E-state index contributed by atoms with van der Waals surface area (Å²) in [6.07, 6.45) is 4.10. The zero-order valence-electron chi connectivity index (χ0n) is 13.3. The Kier molecular flexibility index (Phi) is 3.44. The van der Waals surface area contributed by atoms with Gasteiger partial charge in [-0.15, -0.1) is 0 Å². The van der Waals surface area contributed by atoms with E-state index < -0.39 is 0 Å². The van der Waals surface area contributed by atoms with E-state index in [1.807, 2.05) is 18.9 Å². The van der Waals surface area contributed by atoms with E-state index in [9.17, 15) is 4.79 Å². The molecule has 7 heteroatoms. The maximum atomic E-state index is 12.8. The van der Waals surface area contributed by atoms with Crippen molar-refractivity contribution in [3.05, 3.63) is 33.9 Å². The average molecular weight is 335 g/mol. The standard InChI is InChI=1S/C16H19ClN4O2/c1-9-14(15(17)20(2)18-9)12-4-3-7-21(12)16(22)11-8-13(23-19-11)10-5-6-10/h8,10,12H,3-7H2,1-2H3/t12-/m1/s1.